The first kappa shape index (κ1) is 17.8. The van der Waals surface area contributed by atoms with Crippen molar-refractivity contribution >= 4 is 23.4 Å². The largest absolute Gasteiger partial charge is 0.349 e. The van der Waals surface area contributed by atoms with Gasteiger partial charge < -0.3 is 15.1 Å². The predicted octanol–water partition coefficient (Wildman–Crippen LogP) is 2.07. The van der Waals surface area contributed by atoms with Gasteiger partial charge >= 0.3 is 0 Å². The van der Waals surface area contributed by atoms with E-state index in [4.69, 9.17) is 11.6 Å². The molecule has 2 rings (SSSR count). The molecule has 0 bridgehead atoms. The molecule has 2 amide bonds. The van der Waals surface area contributed by atoms with Gasteiger partial charge in [-0.25, -0.2) is 0 Å². The first-order valence-corrected chi connectivity index (χ1v) is 8.32. The summed E-state index contributed by atoms with van der Waals surface area (Å²) in [6.07, 6.45) is 1.25. The fourth-order valence-corrected chi connectivity index (χ4v) is 2.92. The Morgan fingerprint density at radius 2 is 1.87 bits per heavy atom. The van der Waals surface area contributed by atoms with Crippen LogP contribution in [0.2, 0.25) is 5.02 Å². The minimum Gasteiger partial charge on any atom is -0.349 e. The summed E-state index contributed by atoms with van der Waals surface area (Å²) in [4.78, 5) is 28.2. The van der Waals surface area contributed by atoms with Crippen molar-refractivity contribution in [3.63, 3.8) is 0 Å². The van der Waals surface area contributed by atoms with Gasteiger partial charge in [0, 0.05) is 31.6 Å². The molecule has 1 aliphatic heterocycles. The van der Waals surface area contributed by atoms with E-state index >= 15 is 0 Å². The summed E-state index contributed by atoms with van der Waals surface area (Å²) < 4.78 is 0. The number of nitrogens with zero attached hydrogens (tertiary/aromatic N) is 2. The molecule has 1 aromatic rings. The molecule has 1 heterocycles. The van der Waals surface area contributed by atoms with Crippen LogP contribution >= 0.6 is 11.6 Å². The Balaban J connectivity index is 2.06. The van der Waals surface area contributed by atoms with Gasteiger partial charge in [0.1, 0.15) is 0 Å². The fraction of sp³-hybridized carbons (Fsp3) is 0.529. The lowest BCUT2D eigenvalue weighted by Crippen LogP contribution is -2.37. The number of benzene rings is 1. The second-order valence-corrected chi connectivity index (χ2v) is 6.48. The molecule has 1 N–H and O–H groups in total. The van der Waals surface area contributed by atoms with Crippen LogP contribution in [0, 0.1) is 0 Å². The van der Waals surface area contributed by atoms with Crippen molar-refractivity contribution in [2.75, 3.05) is 33.2 Å². The molecule has 6 heteroatoms. The number of carbonyl (C=O) groups excluding carboxylic acids is 2. The van der Waals surface area contributed by atoms with Crippen LogP contribution in [0.4, 0.5) is 0 Å². The van der Waals surface area contributed by atoms with E-state index in [0.717, 1.165) is 38.2 Å². The standard InChI is InChI=1S/C17H24ClN3O2/c1-13(22)19-16(14-4-6-15(18)7-5-14)12-17(23)21-9-3-8-20(2)10-11-21/h4-7,16H,3,8-12H2,1-2H3,(H,19,22). The number of halogens is 1. The van der Waals surface area contributed by atoms with Crippen molar-refractivity contribution in [3.05, 3.63) is 34.9 Å². The molecular weight excluding hydrogens is 314 g/mol. The second kappa shape index (κ2) is 8.31. The second-order valence-electron chi connectivity index (χ2n) is 6.05. The third kappa shape index (κ3) is 5.52. The van der Waals surface area contributed by atoms with Crippen molar-refractivity contribution in [3.8, 4) is 0 Å². The fourth-order valence-electron chi connectivity index (χ4n) is 2.79. The zero-order valence-corrected chi connectivity index (χ0v) is 14.5. The van der Waals surface area contributed by atoms with Gasteiger partial charge in [-0.1, -0.05) is 23.7 Å². The number of hydrogen-bond acceptors (Lipinski definition) is 3. The number of amides is 2. The van der Waals surface area contributed by atoms with Crippen LogP contribution in [0.1, 0.15) is 31.4 Å². The highest BCUT2D eigenvalue weighted by Gasteiger charge is 2.22. The topological polar surface area (TPSA) is 52.7 Å². The zero-order valence-electron chi connectivity index (χ0n) is 13.7. The Bertz CT molecular complexity index is 547. The van der Waals surface area contributed by atoms with Gasteiger partial charge in [-0.05, 0) is 37.7 Å². The average Bonchev–Trinajstić information content (AvgIpc) is 2.71. The molecule has 126 valence electrons. The molecule has 0 saturated carbocycles. The third-order valence-corrected chi connectivity index (χ3v) is 4.35. The number of nitrogens with one attached hydrogen (secondary N) is 1. The van der Waals surface area contributed by atoms with E-state index in [-0.39, 0.29) is 24.3 Å². The Morgan fingerprint density at radius 3 is 2.52 bits per heavy atom. The highest BCUT2D eigenvalue weighted by atomic mass is 35.5. The van der Waals surface area contributed by atoms with Crippen LogP contribution in [0.25, 0.3) is 0 Å². The summed E-state index contributed by atoms with van der Waals surface area (Å²) in [5, 5.41) is 3.51. The molecule has 1 saturated heterocycles. The summed E-state index contributed by atoms with van der Waals surface area (Å²) in [6, 6.07) is 6.94. The molecule has 0 radical (unpaired) electrons. The number of likely N-dealkylation sites (N-methyl/N-ethyl adjacent to an activating group) is 1. The summed E-state index contributed by atoms with van der Waals surface area (Å²) in [6.45, 7) is 4.88. The molecule has 1 fully saturated rings. The van der Waals surface area contributed by atoms with E-state index in [2.05, 4.69) is 17.3 Å². The molecule has 23 heavy (non-hydrogen) atoms. The van der Waals surface area contributed by atoms with Gasteiger partial charge in [0.25, 0.3) is 0 Å². The minimum absolute atomic E-state index is 0.0778. The van der Waals surface area contributed by atoms with E-state index in [9.17, 15) is 9.59 Å². The number of carbonyl (C=O) groups is 2. The predicted molar refractivity (Wildman–Crippen MR) is 91.3 cm³/mol. The summed E-state index contributed by atoms with van der Waals surface area (Å²) >= 11 is 5.91. The van der Waals surface area contributed by atoms with Gasteiger partial charge in [-0.2, -0.15) is 0 Å². The van der Waals surface area contributed by atoms with Crippen LogP contribution in [-0.2, 0) is 9.59 Å². The van der Waals surface area contributed by atoms with Crippen molar-refractivity contribution in [2.24, 2.45) is 0 Å². The van der Waals surface area contributed by atoms with Crippen molar-refractivity contribution in [1.82, 2.24) is 15.1 Å². The molecule has 1 aromatic carbocycles. The summed E-state index contributed by atoms with van der Waals surface area (Å²) in [5.74, 6) is -0.0673. The van der Waals surface area contributed by atoms with Crippen LogP contribution in [0.5, 0.6) is 0 Å². The molecule has 5 nitrogen and oxygen atoms in total. The van der Waals surface area contributed by atoms with E-state index in [1.54, 1.807) is 12.1 Å². The summed E-state index contributed by atoms with van der Waals surface area (Å²) in [5.41, 5.74) is 0.893. The highest BCUT2D eigenvalue weighted by Crippen LogP contribution is 2.21. The van der Waals surface area contributed by atoms with Crippen LogP contribution in [0.15, 0.2) is 24.3 Å². The lowest BCUT2D eigenvalue weighted by atomic mass is 10.0. The maximum absolute atomic E-state index is 12.6. The van der Waals surface area contributed by atoms with E-state index < -0.39 is 0 Å². The van der Waals surface area contributed by atoms with Gasteiger partial charge in [-0.3, -0.25) is 9.59 Å². The van der Waals surface area contributed by atoms with Gasteiger partial charge in [0.05, 0.1) is 12.5 Å². The molecule has 0 spiro atoms. The Hall–Kier alpha value is -1.59. The molecule has 1 aliphatic rings. The summed E-state index contributed by atoms with van der Waals surface area (Å²) in [7, 11) is 2.07. The van der Waals surface area contributed by atoms with Gasteiger partial charge in [0.2, 0.25) is 11.8 Å². The maximum atomic E-state index is 12.6. The highest BCUT2D eigenvalue weighted by molar-refractivity contribution is 6.30. The molecule has 0 aliphatic carbocycles. The van der Waals surface area contributed by atoms with E-state index in [0.29, 0.717) is 5.02 Å². The van der Waals surface area contributed by atoms with Gasteiger partial charge in [0.15, 0.2) is 0 Å². The normalized spacial score (nSPS) is 17.4. The molecule has 0 aromatic heterocycles. The monoisotopic (exact) mass is 337 g/mol. The number of hydrogen-bond donors (Lipinski definition) is 1. The smallest absolute Gasteiger partial charge is 0.225 e. The van der Waals surface area contributed by atoms with Crippen LogP contribution in [0.3, 0.4) is 0 Å². The first-order chi connectivity index (χ1) is 11.0. The third-order valence-electron chi connectivity index (χ3n) is 4.10. The maximum Gasteiger partial charge on any atom is 0.225 e. The van der Waals surface area contributed by atoms with Gasteiger partial charge in [-0.15, -0.1) is 0 Å². The van der Waals surface area contributed by atoms with Crippen molar-refractivity contribution in [1.29, 1.82) is 0 Å². The minimum atomic E-state index is -0.321. The van der Waals surface area contributed by atoms with Crippen LogP contribution in [-0.4, -0.2) is 54.8 Å². The molecular formula is C17H24ClN3O2. The Morgan fingerprint density at radius 1 is 1.17 bits per heavy atom. The Kier molecular flexibility index (Phi) is 6.42. The number of rotatable bonds is 4. The zero-order chi connectivity index (χ0) is 16.8. The molecule has 1 atom stereocenters. The van der Waals surface area contributed by atoms with E-state index in [1.165, 1.54) is 6.92 Å². The lowest BCUT2D eigenvalue weighted by Gasteiger charge is -2.24. The average molecular weight is 338 g/mol. The molecule has 1 unspecified atom stereocenters. The van der Waals surface area contributed by atoms with Crippen LogP contribution < -0.4 is 5.32 Å². The SMILES string of the molecule is CC(=O)NC(CC(=O)N1CCCN(C)CC1)c1ccc(Cl)cc1. The van der Waals surface area contributed by atoms with Crippen molar-refractivity contribution < 1.29 is 9.59 Å². The van der Waals surface area contributed by atoms with E-state index in [1.807, 2.05) is 17.0 Å². The Labute approximate surface area is 142 Å². The lowest BCUT2D eigenvalue weighted by molar-refractivity contribution is -0.131. The van der Waals surface area contributed by atoms with Crippen molar-refractivity contribution in [2.45, 2.75) is 25.8 Å². The first-order valence-electron chi connectivity index (χ1n) is 7.94. The quantitative estimate of drug-likeness (QED) is 0.915.